The number of anilines is 1. The van der Waals surface area contributed by atoms with Crippen LogP contribution >= 0.6 is 11.6 Å². The van der Waals surface area contributed by atoms with E-state index in [1.807, 2.05) is 36.4 Å². The molecule has 5 nitrogen and oxygen atoms in total. The number of fused-ring (bicyclic) bond motifs is 1. The summed E-state index contributed by atoms with van der Waals surface area (Å²) in [6, 6.07) is 23.2. The summed E-state index contributed by atoms with van der Waals surface area (Å²) in [6.45, 7) is 0.106. The van der Waals surface area contributed by atoms with Crippen molar-refractivity contribution in [3.63, 3.8) is 0 Å². The standard InChI is InChI=1S/C24H19ClN2O3/c1-30-21-7-4-6-20(14-21)27(24(29)16-9-11-19(25)12-10-16)15-18-13-17-5-2-3-8-22(17)26-23(18)28/h2-14H,15H2,1H3,(H,26,28). The number of aromatic amines is 1. The van der Waals surface area contributed by atoms with Gasteiger partial charge in [-0.25, -0.2) is 0 Å². The van der Waals surface area contributed by atoms with E-state index in [-0.39, 0.29) is 18.0 Å². The molecule has 0 aliphatic carbocycles. The fourth-order valence-electron chi connectivity index (χ4n) is 3.29. The number of amides is 1. The van der Waals surface area contributed by atoms with Gasteiger partial charge < -0.3 is 14.6 Å². The third-order valence-electron chi connectivity index (χ3n) is 4.86. The zero-order valence-corrected chi connectivity index (χ0v) is 17.0. The molecule has 0 fully saturated rings. The van der Waals surface area contributed by atoms with Gasteiger partial charge in [0.15, 0.2) is 0 Å². The van der Waals surface area contributed by atoms with Crippen molar-refractivity contribution in [2.24, 2.45) is 0 Å². The van der Waals surface area contributed by atoms with E-state index >= 15 is 0 Å². The van der Waals surface area contributed by atoms with Crippen molar-refractivity contribution in [3.05, 3.63) is 105 Å². The lowest BCUT2D eigenvalue weighted by atomic mass is 10.1. The second-order valence-corrected chi connectivity index (χ2v) is 7.25. The normalized spacial score (nSPS) is 10.7. The summed E-state index contributed by atoms with van der Waals surface area (Å²) in [7, 11) is 1.57. The number of nitrogens with one attached hydrogen (secondary N) is 1. The molecule has 0 spiro atoms. The average molecular weight is 419 g/mol. The van der Waals surface area contributed by atoms with Crippen LogP contribution in [0.1, 0.15) is 15.9 Å². The maximum Gasteiger partial charge on any atom is 0.258 e. The maximum atomic E-state index is 13.4. The van der Waals surface area contributed by atoms with Gasteiger partial charge in [-0.1, -0.05) is 35.9 Å². The number of hydrogen-bond donors (Lipinski definition) is 1. The largest absolute Gasteiger partial charge is 0.497 e. The molecule has 0 unspecified atom stereocenters. The quantitative estimate of drug-likeness (QED) is 0.494. The molecule has 0 aliphatic rings. The molecule has 6 heteroatoms. The highest BCUT2D eigenvalue weighted by Gasteiger charge is 2.20. The highest BCUT2D eigenvalue weighted by molar-refractivity contribution is 6.30. The van der Waals surface area contributed by atoms with E-state index in [2.05, 4.69) is 4.98 Å². The predicted octanol–water partition coefficient (Wildman–Crippen LogP) is 5.04. The molecule has 1 amide bonds. The number of nitrogens with zero attached hydrogens (tertiary/aromatic N) is 1. The monoisotopic (exact) mass is 418 g/mol. The number of halogens is 1. The second-order valence-electron chi connectivity index (χ2n) is 6.81. The summed E-state index contributed by atoms with van der Waals surface area (Å²) < 4.78 is 5.31. The number of carbonyl (C=O) groups is 1. The molecule has 3 aromatic carbocycles. The summed E-state index contributed by atoms with van der Waals surface area (Å²) in [5.74, 6) is 0.376. The zero-order chi connectivity index (χ0) is 21.1. The number of benzene rings is 3. The van der Waals surface area contributed by atoms with Gasteiger partial charge in [-0.15, -0.1) is 0 Å². The van der Waals surface area contributed by atoms with Crippen molar-refractivity contribution in [3.8, 4) is 5.75 Å². The number of aromatic nitrogens is 1. The Labute approximate surface area is 178 Å². The van der Waals surface area contributed by atoms with Crippen LogP contribution in [0.15, 0.2) is 83.7 Å². The fourth-order valence-corrected chi connectivity index (χ4v) is 3.41. The Hall–Kier alpha value is -3.57. The highest BCUT2D eigenvalue weighted by atomic mass is 35.5. The summed E-state index contributed by atoms with van der Waals surface area (Å²) in [5, 5.41) is 1.45. The lowest BCUT2D eigenvalue weighted by molar-refractivity contribution is 0.0985. The van der Waals surface area contributed by atoms with Gasteiger partial charge in [-0.05, 0) is 53.9 Å². The minimum absolute atomic E-state index is 0.106. The Morgan fingerprint density at radius 3 is 2.53 bits per heavy atom. The lowest BCUT2D eigenvalue weighted by Crippen LogP contribution is -2.32. The first kappa shape index (κ1) is 19.7. The molecule has 4 rings (SSSR count). The van der Waals surface area contributed by atoms with E-state index in [9.17, 15) is 9.59 Å². The Morgan fingerprint density at radius 2 is 1.77 bits per heavy atom. The molecule has 0 atom stereocenters. The number of ether oxygens (including phenoxy) is 1. The maximum absolute atomic E-state index is 13.4. The van der Waals surface area contributed by atoms with Gasteiger partial charge in [-0.3, -0.25) is 9.59 Å². The van der Waals surface area contributed by atoms with Crippen LogP contribution in [0.2, 0.25) is 5.02 Å². The van der Waals surface area contributed by atoms with Crippen LogP contribution in [0.5, 0.6) is 5.75 Å². The molecule has 0 saturated carbocycles. The Morgan fingerprint density at radius 1 is 1.00 bits per heavy atom. The fraction of sp³-hybridized carbons (Fsp3) is 0.0833. The summed E-state index contributed by atoms with van der Waals surface area (Å²) >= 11 is 5.97. The van der Waals surface area contributed by atoms with Crippen molar-refractivity contribution in [2.75, 3.05) is 12.0 Å². The Balaban J connectivity index is 1.79. The molecule has 0 saturated heterocycles. The van der Waals surface area contributed by atoms with Crippen molar-refractivity contribution >= 4 is 34.1 Å². The van der Waals surface area contributed by atoms with Gasteiger partial charge in [0.25, 0.3) is 11.5 Å². The minimum Gasteiger partial charge on any atom is -0.497 e. The van der Waals surface area contributed by atoms with Gasteiger partial charge in [0, 0.05) is 33.4 Å². The third-order valence-corrected chi connectivity index (χ3v) is 5.11. The van der Waals surface area contributed by atoms with Gasteiger partial charge in [0.2, 0.25) is 0 Å². The molecule has 1 N–H and O–H groups in total. The average Bonchev–Trinajstić information content (AvgIpc) is 2.77. The molecule has 150 valence electrons. The van der Waals surface area contributed by atoms with Crippen LogP contribution in [0.25, 0.3) is 10.9 Å². The molecule has 0 bridgehead atoms. The van der Waals surface area contributed by atoms with Crippen molar-refractivity contribution < 1.29 is 9.53 Å². The van der Waals surface area contributed by atoms with Crippen molar-refractivity contribution in [1.29, 1.82) is 0 Å². The molecule has 30 heavy (non-hydrogen) atoms. The van der Waals surface area contributed by atoms with Gasteiger partial charge >= 0.3 is 0 Å². The van der Waals surface area contributed by atoms with Crippen LogP contribution in [0, 0.1) is 0 Å². The SMILES string of the molecule is COc1cccc(N(Cc2cc3ccccc3[nH]c2=O)C(=O)c2ccc(Cl)cc2)c1. The van der Waals surface area contributed by atoms with Gasteiger partial charge in [0.1, 0.15) is 5.75 Å². The number of H-pyrrole nitrogens is 1. The van der Waals surface area contributed by atoms with E-state index in [0.717, 1.165) is 10.9 Å². The van der Waals surface area contributed by atoms with Crippen LogP contribution in [0.3, 0.4) is 0 Å². The van der Waals surface area contributed by atoms with Crippen molar-refractivity contribution in [2.45, 2.75) is 6.54 Å². The first-order valence-electron chi connectivity index (χ1n) is 9.37. The Kier molecular flexibility index (Phi) is 5.55. The summed E-state index contributed by atoms with van der Waals surface area (Å²) in [5.41, 5.74) is 2.11. The third kappa shape index (κ3) is 4.07. The molecule has 0 radical (unpaired) electrons. The van der Waals surface area contributed by atoms with E-state index < -0.39 is 0 Å². The number of para-hydroxylation sites is 1. The number of carbonyl (C=O) groups excluding carboxylic acids is 1. The first-order valence-corrected chi connectivity index (χ1v) is 9.75. The van der Waals surface area contributed by atoms with E-state index in [1.54, 1.807) is 54.5 Å². The van der Waals surface area contributed by atoms with E-state index in [0.29, 0.717) is 27.6 Å². The minimum atomic E-state index is -0.243. The number of hydrogen-bond acceptors (Lipinski definition) is 3. The predicted molar refractivity (Wildman–Crippen MR) is 120 cm³/mol. The Bertz CT molecular complexity index is 1270. The number of pyridine rings is 1. The zero-order valence-electron chi connectivity index (χ0n) is 16.3. The van der Waals surface area contributed by atoms with Gasteiger partial charge in [0.05, 0.1) is 13.7 Å². The molecule has 0 aliphatic heterocycles. The number of methoxy groups -OCH3 is 1. The van der Waals surface area contributed by atoms with E-state index in [1.165, 1.54) is 0 Å². The molecule has 1 heterocycles. The van der Waals surface area contributed by atoms with Crippen LogP contribution in [0.4, 0.5) is 5.69 Å². The number of rotatable bonds is 5. The lowest BCUT2D eigenvalue weighted by Gasteiger charge is -2.23. The topological polar surface area (TPSA) is 62.4 Å². The molecule has 4 aromatic rings. The van der Waals surface area contributed by atoms with Crippen molar-refractivity contribution in [1.82, 2.24) is 4.98 Å². The second kappa shape index (κ2) is 8.43. The summed E-state index contributed by atoms with van der Waals surface area (Å²) in [4.78, 5) is 30.5. The van der Waals surface area contributed by atoms with Crippen LogP contribution < -0.4 is 15.2 Å². The molecular weight excluding hydrogens is 400 g/mol. The highest BCUT2D eigenvalue weighted by Crippen LogP contribution is 2.25. The van der Waals surface area contributed by atoms with Crippen LogP contribution in [-0.2, 0) is 6.54 Å². The summed E-state index contributed by atoms with van der Waals surface area (Å²) in [6.07, 6.45) is 0. The van der Waals surface area contributed by atoms with Crippen LogP contribution in [-0.4, -0.2) is 18.0 Å². The smallest absolute Gasteiger partial charge is 0.258 e. The van der Waals surface area contributed by atoms with Gasteiger partial charge in [-0.2, -0.15) is 0 Å². The molecular formula is C24H19ClN2O3. The van der Waals surface area contributed by atoms with E-state index in [4.69, 9.17) is 16.3 Å². The first-order chi connectivity index (χ1) is 14.5. The molecule has 1 aromatic heterocycles.